The minimum absolute atomic E-state index is 0.0942. The standard InChI is InChI=1S/C16H18N4OS2/c1-11-18-13(15-20(11)6-7-22-15)16(2)4-3-5-19(9-16)14(21)12-8-17-10-23-12/h6-8,10H,3-5,9H2,1-2H3/t16-/m1/s1. The van der Waals surface area contributed by atoms with Gasteiger partial charge in [0.15, 0.2) is 0 Å². The lowest BCUT2D eigenvalue weighted by atomic mass is 9.79. The van der Waals surface area contributed by atoms with Gasteiger partial charge in [0.25, 0.3) is 5.91 Å². The summed E-state index contributed by atoms with van der Waals surface area (Å²) in [6, 6.07) is 0. The molecule has 7 heteroatoms. The Morgan fingerprint density at radius 3 is 3.04 bits per heavy atom. The number of fused-ring (bicyclic) bond motifs is 1. The van der Waals surface area contributed by atoms with Crippen LogP contribution in [0.25, 0.3) is 4.83 Å². The highest BCUT2D eigenvalue weighted by molar-refractivity contribution is 7.15. The van der Waals surface area contributed by atoms with E-state index >= 15 is 0 Å². The summed E-state index contributed by atoms with van der Waals surface area (Å²) in [6.45, 7) is 5.80. The number of aromatic nitrogens is 3. The van der Waals surface area contributed by atoms with Gasteiger partial charge in [-0.3, -0.25) is 14.2 Å². The third kappa shape index (κ3) is 2.38. The van der Waals surface area contributed by atoms with Gasteiger partial charge in [-0.15, -0.1) is 22.7 Å². The van der Waals surface area contributed by atoms with Crippen molar-refractivity contribution in [1.29, 1.82) is 0 Å². The molecule has 0 unspecified atom stereocenters. The zero-order chi connectivity index (χ0) is 16.0. The van der Waals surface area contributed by atoms with E-state index in [1.165, 1.54) is 16.2 Å². The van der Waals surface area contributed by atoms with Gasteiger partial charge in [-0.05, 0) is 19.8 Å². The molecule has 1 aliphatic rings. The first kappa shape index (κ1) is 14.8. The number of thiazole rings is 2. The monoisotopic (exact) mass is 346 g/mol. The van der Waals surface area contributed by atoms with Crippen LogP contribution in [-0.4, -0.2) is 38.3 Å². The molecule has 0 N–H and O–H groups in total. The summed E-state index contributed by atoms with van der Waals surface area (Å²) in [5.74, 6) is 1.11. The van der Waals surface area contributed by atoms with Gasteiger partial charge in [0.05, 0.1) is 17.4 Å². The molecule has 4 rings (SSSR count). The number of carbonyl (C=O) groups excluding carboxylic acids is 1. The molecule has 4 heterocycles. The van der Waals surface area contributed by atoms with E-state index in [0.717, 1.165) is 35.8 Å². The van der Waals surface area contributed by atoms with E-state index in [1.807, 2.05) is 11.8 Å². The van der Waals surface area contributed by atoms with Crippen molar-refractivity contribution < 1.29 is 4.79 Å². The lowest BCUT2D eigenvalue weighted by molar-refractivity contribution is 0.0654. The van der Waals surface area contributed by atoms with E-state index < -0.39 is 0 Å². The van der Waals surface area contributed by atoms with Crippen molar-refractivity contribution in [1.82, 2.24) is 19.3 Å². The van der Waals surface area contributed by atoms with Crippen molar-refractivity contribution in [3.05, 3.63) is 39.7 Å². The number of rotatable bonds is 2. The fourth-order valence-corrected chi connectivity index (χ4v) is 5.05. The highest BCUT2D eigenvalue weighted by atomic mass is 32.1. The lowest BCUT2D eigenvalue weighted by Crippen LogP contribution is -2.47. The Labute approximate surface area is 142 Å². The number of hydrogen-bond donors (Lipinski definition) is 0. The van der Waals surface area contributed by atoms with Crippen molar-refractivity contribution in [2.45, 2.75) is 32.1 Å². The molecule has 3 aromatic heterocycles. The predicted molar refractivity (Wildman–Crippen MR) is 92.4 cm³/mol. The molecule has 5 nitrogen and oxygen atoms in total. The van der Waals surface area contributed by atoms with Crippen molar-refractivity contribution in [2.75, 3.05) is 13.1 Å². The van der Waals surface area contributed by atoms with E-state index in [4.69, 9.17) is 4.98 Å². The molecule has 0 bridgehead atoms. The first-order valence-corrected chi connectivity index (χ1v) is 9.45. The molecule has 0 saturated carbocycles. The average Bonchev–Trinajstić information content (AvgIpc) is 3.25. The van der Waals surface area contributed by atoms with Crippen LogP contribution in [0.3, 0.4) is 0 Å². The largest absolute Gasteiger partial charge is 0.337 e. The maximum atomic E-state index is 12.7. The summed E-state index contributed by atoms with van der Waals surface area (Å²) in [4.78, 5) is 25.4. The second-order valence-electron chi connectivity index (χ2n) is 6.34. The topological polar surface area (TPSA) is 50.5 Å². The van der Waals surface area contributed by atoms with Crippen molar-refractivity contribution in [3.63, 3.8) is 0 Å². The molecule has 1 fully saturated rings. The second kappa shape index (κ2) is 5.42. The van der Waals surface area contributed by atoms with Crippen LogP contribution >= 0.6 is 22.7 Å². The molecule has 1 atom stereocenters. The fourth-order valence-electron chi connectivity index (χ4n) is 3.44. The van der Waals surface area contributed by atoms with Crippen LogP contribution in [0.1, 0.15) is 41.0 Å². The molecule has 1 saturated heterocycles. The maximum absolute atomic E-state index is 12.7. The van der Waals surface area contributed by atoms with E-state index in [0.29, 0.717) is 6.54 Å². The molecular weight excluding hydrogens is 328 g/mol. The highest BCUT2D eigenvalue weighted by Gasteiger charge is 2.38. The minimum atomic E-state index is -0.0943. The number of nitrogens with zero attached hydrogens (tertiary/aromatic N) is 4. The zero-order valence-electron chi connectivity index (χ0n) is 13.2. The Morgan fingerprint density at radius 2 is 2.26 bits per heavy atom. The first-order chi connectivity index (χ1) is 11.1. The Morgan fingerprint density at radius 1 is 1.39 bits per heavy atom. The normalized spacial score (nSPS) is 21.9. The third-order valence-electron chi connectivity index (χ3n) is 4.63. The Balaban J connectivity index is 1.68. The smallest absolute Gasteiger partial charge is 0.265 e. The molecule has 23 heavy (non-hydrogen) atoms. The summed E-state index contributed by atoms with van der Waals surface area (Å²) in [5, 5.41) is 2.10. The number of piperidine rings is 1. The summed E-state index contributed by atoms with van der Waals surface area (Å²) in [7, 11) is 0. The summed E-state index contributed by atoms with van der Waals surface area (Å²) in [5.41, 5.74) is 2.75. The average molecular weight is 346 g/mol. The number of likely N-dealkylation sites (tertiary alicyclic amines) is 1. The molecule has 1 amide bonds. The fraction of sp³-hybridized carbons (Fsp3) is 0.438. The number of hydrogen-bond acceptors (Lipinski definition) is 5. The van der Waals surface area contributed by atoms with Crippen LogP contribution in [0.15, 0.2) is 23.3 Å². The Kier molecular flexibility index (Phi) is 3.50. The summed E-state index contributed by atoms with van der Waals surface area (Å²) < 4.78 is 2.15. The van der Waals surface area contributed by atoms with Gasteiger partial charge >= 0.3 is 0 Å². The molecule has 0 aromatic carbocycles. The number of carbonyl (C=O) groups is 1. The van der Waals surface area contributed by atoms with E-state index in [2.05, 4.69) is 27.9 Å². The van der Waals surface area contributed by atoms with Crippen LogP contribution in [-0.2, 0) is 5.41 Å². The molecule has 120 valence electrons. The predicted octanol–water partition coefficient (Wildman–Crippen LogP) is 3.35. The molecule has 0 aliphatic carbocycles. The van der Waals surface area contributed by atoms with Crippen LogP contribution < -0.4 is 0 Å². The summed E-state index contributed by atoms with van der Waals surface area (Å²) in [6.07, 6.45) is 5.80. The quantitative estimate of drug-likeness (QED) is 0.715. The van der Waals surface area contributed by atoms with Crippen molar-refractivity contribution in [2.24, 2.45) is 0 Å². The summed E-state index contributed by atoms with van der Waals surface area (Å²) >= 11 is 3.13. The second-order valence-corrected chi connectivity index (χ2v) is 8.12. The molecule has 3 aromatic rings. The number of amides is 1. The molecule has 0 spiro atoms. The van der Waals surface area contributed by atoms with E-state index in [-0.39, 0.29) is 11.3 Å². The molecule has 1 aliphatic heterocycles. The van der Waals surface area contributed by atoms with Crippen LogP contribution in [0.5, 0.6) is 0 Å². The van der Waals surface area contributed by atoms with Gasteiger partial charge in [-0.2, -0.15) is 0 Å². The van der Waals surface area contributed by atoms with Gasteiger partial charge in [0, 0.05) is 30.1 Å². The minimum Gasteiger partial charge on any atom is -0.337 e. The van der Waals surface area contributed by atoms with Crippen LogP contribution in [0.4, 0.5) is 0 Å². The number of aryl methyl sites for hydroxylation is 1. The zero-order valence-corrected chi connectivity index (χ0v) is 14.8. The lowest BCUT2D eigenvalue weighted by Gasteiger charge is -2.39. The number of imidazole rings is 1. The van der Waals surface area contributed by atoms with Crippen LogP contribution in [0.2, 0.25) is 0 Å². The molecular formula is C16H18N4OS2. The van der Waals surface area contributed by atoms with Gasteiger partial charge in [-0.1, -0.05) is 6.92 Å². The Hall–Kier alpha value is -1.73. The maximum Gasteiger partial charge on any atom is 0.265 e. The van der Waals surface area contributed by atoms with Crippen LogP contribution in [0, 0.1) is 6.92 Å². The molecule has 0 radical (unpaired) electrons. The Bertz CT molecular complexity index is 851. The van der Waals surface area contributed by atoms with Gasteiger partial charge in [0.2, 0.25) is 0 Å². The van der Waals surface area contributed by atoms with Gasteiger partial charge in [0.1, 0.15) is 15.5 Å². The van der Waals surface area contributed by atoms with E-state index in [1.54, 1.807) is 23.0 Å². The van der Waals surface area contributed by atoms with E-state index in [9.17, 15) is 4.79 Å². The van der Waals surface area contributed by atoms with Crippen molar-refractivity contribution >= 4 is 33.4 Å². The highest BCUT2D eigenvalue weighted by Crippen LogP contribution is 2.37. The van der Waals surface area contributed by atoms with Gasteiger partial charge in [-0.25, -0.2) is 4.98 Å². The first-order valence-electron chi connectivity index (χ1n) is 7.69. The SMILES string of the molecule is Cc1nc([C@]2(C)CCCN(C(=O)c3cncs3)C2)c2sccn12. The third-order valence-corrected chi connectivity index (χ3v) is 6.26. The van der Waals surface area contributed by atoms with Crippen molar-refractivity contribution in [3.8, 4) is 0 Å². The van der Waals surface area contributed by atoms with Gasteiger partial charge < -0.3 is 4.90 Å².